The average molecular weight is 227 g/mol. The van der Waals surface area contributed by atoms with Gasteiger partial charge in [0.05, 0.1) is 5.92 Å². The summed E-state index contributed by atoms with van der Waals surface area (Å²) in [6.07, 6.45) is 3.76. The second-order valence-electron chi connectivity index (χ2n) is 4.89. The van der Waals surface area contributed by atoms with Crippen LogP contribution in [0.5, 0.6) is 0 Å². The van der Waals surface area contributed by atoms with E-state index >= 15 is 0 Å². The maximum atomic E-state index is 11.8. The minimum atomic E-state index is -0.502. The monoisotopic (exact) mass is 227 g/mol. The number of carbonyl (C=O) groups excluding carboxylic acids is 1. The van der Waals surface area contributed by atoms with E-state index in [0.29, 0.717) is 13.0 Å². The Balaban J connectivity index is 2.46. The molecule has 5 heteroatoms. The highest BCUT2D eigenvalue weighted by Gasteiger charge is 2.37. The third kappa shape index (κ3) is 3.40. The van der Waals surface area contributed by atoms with E-state index in [1.165, 1.54) is 0 Å². The van der Waals surface area contributed by atoms with E-state index in [2.05, 4.69) is 17.4 Å². The molecule has 1 fully saturated rings. The van der Waals surface area contributed by atoms with Crippen molar-refractivity contribution < 1.29 is 10.0 Å². The van der Waals surface area contributed by atoms with Crippen LogP contribution in [0.15, 0.2) is 5.16 Å². The van der Waals surface area contributed by atoms with Crippen molar-refractivity contribution in [1.29, 1.82) is 0 Å². The van der Waals surface area contributed by atoms with Crippen molar-refractivity contribution >= 4 is 11.7 Å². The third-order valence-corrected chi connectivity index (χ3v) is 3.16. The minimum Gasteiger partial charge on any atom is -0.409 e. The smallest absolute Gasteiger partial charge is 0.230 e. The Morgan fingerprint density at radius 2 is 2.25 bits per heavy atom. The first-order valence-electron chi connectivity index (χ1n) is 5.77. The molecular formula is C11H21N3O2. The molecule has 5 nitrogen and oxygen atoms in total. The van der Waals surface area contributed by atoms with Gasteiger partial charge >= 0.3 is 0 Å². The van der Waals surface area contributed by atoms with Gasteiger partial charge in [-0.15, -0.1) is 0 Å². The zero-order valence-electron chi connectivity index (χ0n) is 9.99. The number of amidine groups is 1. The highest BCUT2D eigenvalue weighted by atomic mass is 16.4. The number of oxime groups is 1. The molecule has 1 amide bonds. The van der Waals surface area contributed by atoms with Crippen LogP contribution in [0.3, 0.4) is 0 Å². The van der Waals surface area contributed by atoms with Gasteiger partial charge in [0.15, 0.2) is 5.84 Å². The Labute approximate surface area is 96.1 Å². The number of nitrogens with zero attached hydrogens (tertiary/aromatic N) is 1. The van der Waals surface area contributed by atoms with Gasteiger partial charge in [0.2, 0.25) is 5.91 Å². The minimum absolute atomic E-state index is 0.000278. The van der Waals surface area contributed by atoms with Crippen LogP contribution in [-0.4, -0.2) is 23.5 Å². The Hall–Kier alpha value is -1.26. The summed E-state index contributed by atoms with van der Waals surface area (Å²) in [6, 6.07) is 0. The number of amides is 1. The van der Waals surface area contributed by atoms with Crippen LogP contribution >= 0.6 is 0 Å². The molecule has 92 valence electrons. The second-order valence-corrected chi connectivity index (χ2v) is 4.89. The van der Waals surface area contributed by atoms with Gasteiger partial charge in [-0.1, -0.05) is 25.4 Å². The topological polar surface area (TPSA) is 87.7 Å². The molecule has 1 atom stereocenters. The molecule has 0 aromatic carbocycles. The van der Waals surface area contributed by atoms with Crippen LogP contribution in [-0.2, 0) is 4.79 Å². The molecule has 0 radical (unpaired) electrons. The quantitative estimate of drug-likeness (QED) is 0.274. The first-order chi connectivity index (χ1) is 7.52. The summed E-state index contributed by atoms with van der Waals surface area (Å²) in [5, 5.41) is 14.4. The third-order valence-electron chi connectivity index (χ3n) is 3.16. The lowest BCUT2D eigenvalue weighted by atomic mass is 10.0. The fraction of sp³-hybridized carbons (Fsp3) is 0.818. The maximum Gasteiger partial charge on any atom is 0.230 e. The summed E-state index contributed by atoms with van der Waals surface area (Å²) < 4.78 is 0. The summed E-state index contributed by atoms with van der Waals surface area (Å²) >= 11 is 0. The lowest BCUT2D eigenvalue weighted by molar-refractivity contribution is -0.123. The molecule has 0 heterocycles. The van der Waals surface area contributed by atoms with Crippen LogP contribution in [0.25, 0.3) is 0 Å². The van der Waals surface area contributed by atoms with Crippen molar-refractivity contribution in [3.8, 4) is 0 Å². The highest BCUT2D eigenvalue weighted by Crippen LogP contribution is 2.44. The van der Waals surface area contributed by atoms with Crippen LogP contribution in [0.1, 0.15) is 39.5 Å². The van der Waals surface area contributed by atoms with Crippen LogP contribution in [0, 0.1) is 11.3 Å². The fourth-order valence-corrected chi connectivity index (χ4v) is 1.59. The maximum absolute atomic E-state index is 11.8. The Morgan fingerprint density at radius 3 is 2.69 bits per heavy atom. The van der Waals surface area contributed by atoms with Gasteiger partial charge in [-0.05, 0) is 24.7 Å². The summed E-state index contributed by atoms with van der Waals surface area (Å²) in [7, 11) is 0. The molecule has 0 aromatic heterocycles. The van der Waals surface area contributed by atoms with Gasteiger partial charge in [0, 0.05) is 6.54 Å². The number of nitrogens with one attached hydrogen (secondary N) is 1. The Morgan fingerprint density at radius 1 is 1.62 bits per heavy atom. The predicted octanol–water partition coefficient (Wildman–Crippen LogP) is 1.07. The van der Waals surface area contributed by atoms with Crippen molar-refractivity contribution in [1.82, 2.24) is 5.32 Å². The standard InChI is InChI=1S/C11H21N3O2/c1-3-4-8(9(12)14-16)10(15)13-7-11(2)5-6-11/h8,16H,3-7H2,1-2H3,(H2,12,14)(H,13,15). The summed E-state index contributed by atoms with van der Waals surface area (Å²) in [5.41, 5.74) is 5.77. The molecule has 0 saturated heterocycles. The average Bonchev–Trinajstić information content (AvgIpc) is 3.00. The molecule has 0 aliphatic heterocycles. The first kappa shape index (κ1) is 12.8. The van der Waals surface area contributed by atoms with Crippen molar-refractivity contribution in [2.75, 3.05) is 6.54 Å². The van der Waals surface area contributed by atoms with E-state index in [0.717, 1.165) is 19.3 Å². The zero-order valence-corrected chi connectivity index (χ0v) is 9.99. The summed E-state index contributed by atoms with van der Waals surface area (Å²) in [4.78, 5) is 11.8. The Kier molecular flexibility index (Phi) is 4.15. The van der Waals surface area contributed by atoms with E-state index in [-0.39, 0.29) is 17.2 Å². The number of nitrogens with two attached hydrogens (primary N) is 1. The number of hydrogen-bond donors (Lipinski definition) is 3. The van der Waals surface area contributed by atoms with Gasteiger partial charge in [0.1, 0.15) is 0 Å². The van der Waals surface area contributed by atoms with Crippen molar-refractivity contribution in [3.05, 3.63) is 0 Å². The number of hydrogen-bond acceptors (Lipinski definition) is 3. The van der Waals surface area contributed by atoms with Crippen LogP contribution < -0.4 is 11.1 Å². The van der Waals surface area contributed by atoms with Gasteiger partial charge in [0.25, 0.3) is 0 Å². The first-order valence-corrected chi connectivity index (χ1v) is 5.77. The second kappa shape index (κ2) is 5.18. The van der Waals surface area contributed by atoms with E-state index in [9.17, 15) is 4.79 Å². The lowest BCUT2D eigenvalue weighted by Gasteiger charge is -2.16. The van der Waals surface area contributed by atoms with Crippen molar-refractivity contribution in [2.24, 2.45) is 22.2 Å². The molecule has 4 N–H and O–H groups in total. The summed E-state index contributed by atoms with van der Waals surface area (Å²) in [6.45, 7) is 4.80. The van der Waals surface area contributed by atoms with Crippen molar-refractivity contribution in [3.63, 3.8) is 0 Å². The molecule has 1 saturated carbocycles. The molecule has 0 spiro atoms. The van der Waals surface area contributed by atoms with Crippen LogP contribution in [0.4, 0.5) is 0 Å². The molecular weight excluding hydrogens is 206 g/mol. The van der Waals surface area contributed by atoms with E-state index in [1.54, 1.807) is 0 Å². The van der Waals surface area contributed by atoms with Gasteiger partial charge in [-0.25, -0.2) is 0 Å². The van der Waals surface area contributed by atoms with Crippen LogP contribution in [0.2, 0.25) is 0 Å². The van der Waals surface area contributed by atoms with E-state index in [4.69, 9.17) is 10.9 Å². The van der Waals surface area contributed by atoms with Gasteiger partial charge in [-0.3, -0.25) is 4.79 Å². The normalized spacial score (nSPS) is 20.2. The lowest BCUT2D eigenvalue weighted by Crippen LogP contribution is -2.40. The van der Waals surface area contributed by atoms with Gasteiger partial charge < -0.3 is 16.3 Å². The number of rotatable bonds is 6. The molecule has 1 aliphatic rings. The molecule has 1 rings (SSSR count). The Bertz CT molecular complexity index is 285. The van der Waals surface area contributed by atoms with Crippen molar-refractivity contribution in [2.45, 2.75) is 39.5 Å². The van der Waals surface area contributed by atoms with Gasteiger partial charge in [-0.2, -0.15) is 0 Å². The molecule has 1 unspecified atom stereocenters. The fourth-order valence-electron chi connectivity index (χ4n) is 1.59. The highest BCUT2D eigenvalue weighted by molar-refractivity contribution is 6.02. The van der Waals surface area contributed by atoms with E-state index in [1.807, 2.05) is 6.92 Å². The molecule has 1 aliphatic carbocycles. The molecule has 0 bridgehead atoms. The SMILES string of the molecule is CCCC(C(=O)NCC1(C)CC1)C(N)=NO. The molecule has 16 heavy (non-hydrogen) atoms. The van der Waals surface area contributed by atoms with E-state index < -0.39 is 5.92 Å². The largest absolute Gasteiger partial charge is 0.409 e. The number of carbonyl (C=O) groups is 1. The predicted molar refractivity (Wildman–Crippen MR) is 62.2 cm³/mol. The zero-order chi connectivity index (χ0) is 12.2. The summed E-state index contributed by atoms with van der Waals surface area (Å²) in [5.74, 6) is -0.636. The molecule has 0 aromatic rings.